The molecule has 2 atom stereocenters. The Kier molecular flexibility index (Phi) is 1.43. The number of rotatable bonds is 2. The number of halogens is 1. The third kappa shape index (κ3) is 0.917. The van der Waals surface area contributed by atoms with Gasteiger partial charge in [-0.05, 0) is 12.3 Å². The zero-order chi connectivity index (χ0) is 7.07. The number of alkyl halides is 1. The molecule has 0 bridgehead atoms. The van der Waals surface area contributed by atoms with Crippen molar-refractivity contribution in [3.63, 3.8) is 0 Å². The lowest BCUT2D eigenvalue weighted by Gasteiger charge is -1.97. The van der Waals surface area contributed by atoms with Crippen molar-refractivity contribution < 1.29 is 9.90 Å². The smallest absolute Gasteiger partial charge is 0.325 e. The number of carboxylic acid groups (broad SMARTS) is 1. The lowest BCUT2D eigenvalue weighted by Crippen LogP contribution is -2.16. The lowest BCUT2D eigenvalue weighted by atomic mass is 10.2. The van der Waals surface area contributed by atoms with E-state index in [-0.39, 0.29) is 5.92 Å². The molecule has 1 aliphatic rings. The molecule has 0 aromatic rings. The third-order valence-corrected chi connectivity index (χ3v) is 2.50. The van der Waals surface area contributed by atoms with Crippen molar-refractivity contribution in [2.24, 2.45) is 5.92 Å². The van der Waals surface area contributed by atoms with Crippen LogP contribution in [0.25, 0.3) is 0 Å². The molecule has 0 saturated heterocycles. The maximum Gasteiger partial charge on any atom is 0.325 e. The van der Waals surface area contributed by atoms with E-state index in [1.54, 1.807) is 0 Å². The second-order valence-electron chi connectivity index (χ2n) is 2.48. The van der Waals surface area contributed by atoms with Crippen LogP contribution in [-0.2, 0) is 4.79 Å². The zero-order valence-electron chi connectivity index (χ0n) is 5.22. The average molecular weight is 149 g/mol. The van der Waals surface area contributed by atoms with Crippen LogP contribution in [0.4, 0.5) is 0 Å². The Hall–Kier alpha value is -0.240. The molecule has 0 aromatic heterocycles. The molecule has 0 aliphatic heterocycles. The van der Waals surface area contributed by atoms with Gasteiger partial charge in [-0.1, -0.05) is 13.3 Å². The van der Waals surface area contributed by atoms with Crippen LogP contribution in [0.5, 0.6) is 0 Å². The van der Waals surface area contributed by atoms with Crippen molar-refractivity contribution in [2.75, 3.05) is 0 Å². The fraction of sp³-hybridized carbons (Fsp3) is 0.833. The Bertz CT molecular complexity index is 146. The molecule has 1 aliphatic carbocycles. The summed E-state index contributed by atoms with van der Waals surface area (Å²) in [5.41, 5.74) is 0. The Labute approximate surface area is 58.8 Å². The highest BCUT2D eigenvalue weighted by atomic mass is 35.5. The summed E-state index contributed by atoms with van der Waals surface area (Å²) in [5.74, 6) is -0.660. The molecule has 2 unspecified atom stereocenters. The molecule has 0 spiro atoms. The molecule has 1 saturated carbocycles. The van der Waals surface area contributed by atoms with E-state index >= 15 is 0 Å². The van der Waals surface area contributed by atoms with Gasteiger partial charge in [0, 0.05) is 0 Å². The van der Waals surface area contributed by atoms with E-state index in [1.807, 2.05) is 6.92 Å². The van der Waals surface area contributed by atoms with Crippen molar-refractivity contribution >= 4 is 17.6 Å². The van der Waals surface area contributed by atoms with Gasteiger partial charge in [0.15, 0.2) is 0 Å². The van der Waals surface area contributed by atoms with E-state index in [0.717, 1.165) is 6.42 Å². The van der Waals surface area contributed by atoms with E-state index in [2.05, 4.69) is 0 Å². The van der Waals surface area contributed by atoms with E-state index in [0.29, 0.717) is 6.42 Å². The number of carbonyl (C=O) groups is 1. The second kappa shape index (κ2) is 1.87. The minimum absolute atomic E-state index is 0.205. The Balaban J connectivity index is 2.52. The van der Waals surface area contributed by atoms with Gasteiger partial charge in [0.05, 0.1) is 0 Å². The summed E-state index contributed by atoms with van der Waals surface area (Å²) in [4.78, 5) is 9.43. The molecule has 1 N–H and O–H groups in total. The molecule has 3 heteroatoms. The number of aliphatic carboxylic acids is 1. The van der Waals surface area contributed by atoms with Gasteiger partial charge >= 0.3 is 5.97 Å². The summed E-state index contributed by atoms with van der Waals surface area (Å²) in [6, 6.07) is 0. The molecule has 1 rings (SSSR count). The summed E-state index contributed by atoms with van der Waals surface area (Å²) >= 11 is 5.65. The van der Waals surface area contributed by atoms with Gasteiger partial charge in [-0.25, -0.2) is 0 Å². The van der Waals surface area contributed by atoms with Crippen LogP contribution in [0.1, 0.15) is 19.8 Å². The number of hydrogen-bond donors (Lipinski definition) is 1. The van der Waals surface area contributed by atoms with Crippen LogP contribution in [0.2, 0.25) is 0 Å². The van der Waals surface area contributed by atoms with Crippen molar-refractivity contribution in [1.82, 2.24) is 0 Å². The van der Waals surface area contributed by atoms with Crippen LogP contribution < -0.4 is 0 Å². The molecule has 52 valence electrons. The van der Waals surface area contributed by atoms with Gasteiger partial charge < -0.3 is 5.11 Å². The first-order valence-electron chi connectivity index (χ1n) is 3.03. The van der Waals surface area contributed by atoms with Crippen LogP contribution in [0.15, 0.2) is 0 Å². The minimum atomic E-state index is -0.894. The SMILES string of the molecule is CCC1CC1(Cl)C(=O)O. The van der Waals surface area contributed by atoms with Crippen molar-refractivity contribution in [3.05, 3.63) is 0 Å². The average Bonchev–Trinajstić information content (AvgIpc) is 2.44. The molecule has 0 amide bonds. The summed E-state index contributed by atoms with van der Waals surface area (Å²) in [7, 11) is 0. The largest absolute Gasteiger partial charge is 0.480 e. The number of carboxylic acids is 1. The van der Waals surface area contributed by atoms with E-state index in [9.17, 15) is 4.79 Å². The first-order chi connectivity index (χ1) is 4.11. The van der Waals surface area contributed by atoms with E-state index < -0.39 is 10.8 Å². The third-order valence-electron chi connectivity index (χ3n) is 1.88. The first kappa shape index (κ1) is 6.87. The van der Waals surface area contributed by atoms with Crippen LogP contribution >= 0.6 is 11.6 Å². The highest BCUT2D eigenvalue weighted by Gasteiger charge is 2.58. The van der Waals surface area contributed by atoms with Crippen molar-refractivity contribution in [2.45, 2.75) is 24.6 Å². The predicted octanol–water partition coefficient (Wildman–Crippen LogP) is 1.48. The summed E-state index contributed by atoms with van der Waals surface area (Å²) in [6.07, 6.45) is 1.51. The first-order valence-corrected chi connectivity index (χ1v) is 3.41. The fourth-order valence-corrected chi connectivity index (χ4v) is 1.37. The Morgan fingerprint density at radius 2 is 2.56 bits per heavy atom. The van der Waals surface area contributed by atoms with E-state index in [1.165, 1.54) is 0 Å². The maximum absolute atomic E-state index is 10.3. The fourth-order valence-electron chi connectivity index (χ4n) is 1.03. The van der Waals surface area contributed by atoms with Gasteiger partial charge in [-0.3, -0.25) is 4.79 Å². The van der Waals surface area contributed by atoms with Gasteiger partial charge in [0.2, 0.25) is 0 Å². The van der Waals surface area contributed by atoms with Gasteiger partial charge in [0.1, 0.15) is 4.87 Å². The highest BCUT2D eigenvalue weighted by molar-refractivity contribution is 6.36. The molecule has 9 heavy (non-hydrogen) atoms. The highest BCUT2D eigenvalue weighted by Crippen LogP contribution is 2.51. The van der Waals surface area contributed by atoms with Crippen LogP contribution in [0.3, 0.4) is 0 Å². The molecule has 1 fully saturated rings. The lowest BCUT2D eigenvalue weighted by molar-refractivity contribution is -0.137. The molecule has 0 radical (unpaired) electrons. The van der Waals surface area contributed by atoms with Crippen LogP contribution in [0, 0.1) is 5.92 Å². The standard InChI is InChI=1S/C6H9ClO2/c1-2-4-3-6(4,7)5(8)9/h4H,2-3H2,1H3,(H,8,9). The minimum Gasteiger partial charge on any atom is -0.480 e. The van der Waals surface area contributed by atoms with Gasteiger partial charge in [0.25, 0.3) is 0 Å². The van der Waals surface area contributed by atoms with Crippen LogP contribution in [-0.4, -0.2) is 16.0 Å². The number of hydrogen-bond acceptors (Lipinski definition) is 1. The monoisotopic (exact) mass is 148 g/mol. The summed E-state index contributed by atoms with van der Waals surface area (Å²) < 4.78 is 0. The maximum atomic E-state index is 10.3. The van der Waals surface area contributed by atoms with Crippen molar-refractivity contribution in [1.29, 1.82) is 0 Å². The summed E-state index contributed by atoms with van der Waals surface area (Å²) in [5, 5.41) is 8.48. The van der Waals surface area contributed by atoms with Gasteiger partial charge in [-0.2, -0.15) is 0 Å². The second-order valence-corrected chi connectivity index (χ2v) is 3.15. The molecule has 0 aromatic carbocycles. The normalized spacial score (nSPS) is 40.4. The van der Waals surface area contributed by atoms with Crippen molar-refractivity contribution in [3.8, 4) is 0 Å². The van der Waals surface area contributed by atoms with E-state index in [4.69, 9.17) is 16.7 Å². The predicted molar refractivity (Wildman–Crippen MR) is 34.6 cm³/mol. The Morgan fingerprint density at radius 3 is 2.67 bits per heavy atom. The quantitative estimate of drug-likeness (QED) is 0.603. The topological polar surface area (TPSA) is 37.3 Å². The molecule has 0 heterocycles. The molecule has 2 nitrogen and oxygen atoms in total. The Morgan fingerprint density at radius 1 is 2.00 bits per heavy atom. The van der Waals surface area contributed by atoms with Gasteiger partial charge in [-0.15, -0.1) is 11.6 Å². The zero-order valence-corrected chi connectivity index (χ0v) is 5.98. The molecular formula is C6H9ClO2. The molecular weight excluding hydrogens is 140 g/mol. The summed E-state index contributed by atoms with van der Waals surface area (Å²) in [6.45, 7) is 1.96.